The lowest BCUT2D eigenvalue weighted by molar-refractivity contribution is 0.0748. The van der Waals surface area contributed by atoms with Gasteiger partial charge >= 0.3 is 0 Å². The van der Waals surface area contributed by atoms with E-state index >= 15 is 0 Å². The highest BCUT2D eigenvalue weighted by Crippen LogP contribution is 2.28. The third kappa shape index (κ3) is 2.45. The number of thiophene rings is 1. The fourth-order valence-corrected chi connectivity index (χ4v) is 3.78. The molecule has 1 aromatic heterocycles. The van der Waals surface area contributed by atoms with Gasteiger partial charge in [0, 0.05) is 17.5 Å². The van der Waals surface area contributed by atoms with Crippen molar-refractivity contribution < 1.29 is 4.79 Å². The molecule has 2 atom stereocenters. The summed E-state index contributed by atoms with van der Waals surface area (Å²) in [4.78, 5) is 16.6. The molecule has 18 heavy (non-hydrogen) atoms. The van der Waals surface area contributed by atoms with E-state index in [4.69, 9.17) is 5.73 Å². The first-order chi connectivity index (χ1) is 8.56. The van der Waals surface area contributed by atoms with Crippen LogP contribution in [0.1, 0.15) is 40.4 Å². The smallest absolute Gasteiger partial charge is 0.264 e. The summed E-state index contributed by atoms with van der Waals surface area (Å²) in [6.07, 6.45) is 2.03. The van der Waals surface area contributed by atoms with Crippen LogP contribution in [0.15, 0.2) is 6.07 Å². The predicted molar refractivity (Wildman–Crippen MR) is 76.1 cm³/mol. The predicted octanol–water partition coefficient (Wildman–Crippen LogP) is 2.43. The lowest BCUT2D eigenvalue weighted by atomic mass is 10.1. The van der Waals surface area contributed by atoms with Crippen molar-refractivity contribution >= 4 is 17.2 Å². The molecule has 0 aromatic carbocycles. The fourth-order valence-electron chi connectivity index (χ4n) is 2.71. The molecule has 1 aliphatic heterocycles. The third-order valence-corrected chi connectivity index (χ3v) is 4.95. The van der Waals surface area contributed by atoms with E-state index in [1.807, 2.05) is 4.90 Å². The van der Waals surface area contributed by atoms with Crippen LogP contribution >= 0.6 is 11.3 Å². The molecule has 1 saturated heterocycles. The molecule has 0 aliphatic carbocycles. The number of hydrogen-bond donors (Lipinski definition) is 1. The molecular formula is C14H22N2OS. The molecule has 2 N–H and O–H groups in total. The molecule has 1 aromatic rings. The Labute approximate surface area is 113 Å². The van der Waals surface area contributed by atoms with Gasteiger partial charge in [0.1, 0.15) is 0 Å². The van der Waals surface area contributed by atoms with Gasteiger partial charge in [0.15, 0.2) is 0 Å². The molecule has 2 heterocycles. The van der Waals surface area contributed by atoms with Gasteiger partial charge in [0.05, 0.1) is 4.88 Å². The highest BCUT2D eigenvalue weighted by Gasteiger charge is 2.32. The number of rotatable bonds is 3. The number of nitrogens with two attached hydrogens (primary N) is 1. The van der Waals surface area contributed by atoms with Crippen molar-refractivity contribution in [1.29, 1.82) is 0 Å². The second-order valence-corrected chi connectivity index (χ2v) is 6.45. The number of hydrogen-bond acceptors (Lipinski definition) is 3. The van der Waals surface area contributed by atoms with Crippen molar-refractivity contribution in [2.45, 2.75) is 39.7 Å². The molecule has 0 spiro atoms. The maximum absolute atomic E-state index is 12.5. The van der Waals surface area contributed by atoms with E-state index in [1.165, 1.54) is 10.4 Å². The second-order valence-electron chi connectivity index (χ2n) is 5.19. The van der Waals surface area contributed by atoms with Crippen molar-refractivity contribution in [2.24, 2.45) is 11.7 Å². The van der Waals surface area contributed by atoms with Gasteiger partial charge < -0.3 is 10.6 Å². The Kier molecular flexibility index (Phi) is 4.07. The summed E-state index contributed by atoms with van der Waals surface area (Å²) in [5.74, 6) is 0.655. The molecule has 0 saturated carbocycles. The zero-order valence-electron chi connectivity index (χ0n) is 11.4. The Bertz CT molecular complexity index is 441. The van der Waals surface area contributed by atoms with Gasteiger partial charge in [0.25, 0.3) is 5.91 Å². The molecule has 2 rings (SSSR count). The minimum atomic E-state index is 0.186. The molecule has 3 nitrogen and oxygen atoms in total. The molecule has 0 radical (unpaired) electrons. The number of carbonyl (C=O) groups excluding carboxylic acids is 1. The van der Waals surface area contributed by atoms with Crippen LogP contribution in [0.25, 0.3) is 0 Å². The number of aryl methyl sites for hydroxylation is 2. The average molecular weight is 266 g/mol. The van der Waals surface area contributed by atoms with Crippen LogP contribution in [-0.4, -0.2) is 29.9 Å². The standard InChI is InChI=1S/C14H22N2OS/c1-4-12-6-13(18-10(12)3)14(17)16-8-11(7-15)5-9(16)2/h6,9,11H,4-5,7-8,15H2,1-3H3. The van der Waals surface area contributed by atoms with Crippen molar-refractivity contribution in [3.05, 3.63) is 21.4 Å². The van der Waals surface area contributed by atoms with Gasteiger partial charge in [-0.2, -0.15) is 0 Å². The summed E-state index contributed by atoms with van der Waals surface area (Å²) in [7, 11) is 0. The van der Waals surface area contributed by atoms with Crippen LogP contribution in [0.4, 0.5) is 0 Å². The molecule has 1 amide bonds. The largest absolute Gasteiger partial charge is 0.335 e. The first-order valence-corrected chi connectivity index (χ1v) is 7.48. The van der Waals surface area contributed by atoms with Gasteiger partial charge in [-0.15, -0.1) is 11.3 Å². The lowest BCUT2D eigenvalue weighted by Crippen LogP contribution is -2.33. The van der Waals surface area contributed by atoms with Crippen LogP contribution in [0.2, 0.25) is 0 Å². The summed E-state index contributed by atoms with van der Waals surface area (Å²) < 4.78 is 0. The Hall–Kier alpha value is -0.870. The molecular weight excluding hydrogens is 244 g/mol. The average Bonchev–Trinajstić information content (AvgIpc) is 2.91. The minimum absolute atomic E-state index is 0.186. The molecule has 1 aliphatic rings. The van der Waals surface area contributed by atoms with Gasteiger partial charge in [-0.25, -0.2) is 0 Å². The summed E-state index contributed by atoms with van der Waals surface area (Å²) in [5, 5.41) is 0. The zero-order chi connectivity index (χ0) is 13.3. The minimum Gasteiger partial charge on any atom is -0.335 e. The van der Waals surface area contributed by atoms with Crippen LogP contribution in [-0.2, 0) is 6.42 Å². The summed E-state index contributed by atoms with van der Waals surface area (Å²) >= 11 is 1.62. The van der Waals surface area contributed by atoms with E-state index in [2.05, 4.69) is 26.8 Å². The van der Waals surface area contributed by atoms with Crippen LogP contribution in [0.3, 0.4) is 0 Å². The topological polar surface area (TPSA) is 46.3 Å². The third-order valence-electron chi connectivity index (χ3n) is 3.87. The van der Waals surface area contributed by atoms with E-state index in [0.29, 0.717) is 18.5 Å². The van der Waals surface area contributed by atoms with E-state index in [-0.39, 0.29) is 5.91 Å². The fraction of sp³-hybridized carbons (Fsp3) is 0.643. The normalized spacial score (nSPS) is 23.7. The Balaban J connectivity index is 2.16. The van der Waals surface area contributed by atoms with Crippen molar-refractivity contribution in [1.82, 2.24) is 4.90 Å². The Morgan fingerprint density at radius 2 is 2.33 bits per heavy atom. The van der Waals surface area contributed by atoms with Gasteiger partial charge in [0.2, 0.25) is 0 Å². The molecule has 0 bridgehead atoms. The second kappa shape index (κ2) is 5.41. The Morgan fingerprint density at radius 3 is 2.83 bits per heavy atom. The molecule has 2 unspecified atom stereocenters. The molecule has 4 heteroatoms. The van der Waals surface area contributed by atoms with E-state index in [9.17, 15) is 4.79 Å². The van der Waals surface area contributed by atoms with Crippen molar-refractivity contribution in [3.8, 4) is 0 Å². The van der Waals surface area contributed by atoms with Crippen LogP contribution in [0, 0.1) is 12.8 Å². The first-order valence-electron chi connectivity index (χ1n) is 6.67. The van der Waals surface area contributed by atoms with Crippen molar-refractivity contribution in [2.75, 3.05) is 13.1 Å². The molecule has 100 valence electrons. The Morgan fingerprint density at radius 1 is 1.61 bits per heavy atom. The van der Waals surface area contributed by atoms with Gasteiger partial charge in [-0.05, 0) is 50.8 Å². The monoisotopic (exact) mass is 266 g/mol. The van der Waals surface area contributed by atoms with Crippen LogP contribution in [0.5, 0.6) is 0 Å². The maximum Gasteiger partial charge on any atom is 0.264 e. The van der Waals surface area contributed by atoms with Crippen molar-refractivity contribution in [3.63, 3.8) is 0 Å². The molecule has 1 fully saturated rings. The quantitative estimate of drug-likeness (QED) is 0.913. The summed E-state index contributed by atoms with van der Waals surface area (Å²) in [5.41, 5.74) is 7.01. The van der Waals surface area contributed by atoms with E-state index in [1.54, 1.807) is 11.3 Å². The van der Waals surface area contributed by atoms with E-state index in [0.717, 1.165) is 24.3 Å². The first kappa shape index (κ1) is 13.6. The zero-order valence-corrected chi connectivity index (χ0v) is 12.2. The number of likely N-dealkylation sites (tertiary alicyclic amines) is 1. The number of nitrogens with zero attached hydrogens (tertiary/aromatic N) is 1. The highest BCUT2D eigenvalue weighted by atomic mass is 32.1. The summed E-state index contributed by atoms with van der Waals surface area (Å²) in [6.45, 7) is 7.84. The number of amides is 1. The highest BCUT2D eigenvalue weighted by molar-refractivity contribution is 7.14. The number of carbonyl (C=O) groups is 1. The maximum atomic E-state index is 12.5. The lowest BCUT2D eigenvalue weighted by Gasteiger charge is -2.20. The van der Waals surface area contributed by atoms with Gasteiger partial charge in [-0.3, -0.25) is 4.79 Å². The summed E-state index contributed by atoms with van der Waals surface area (Å²) in [6, 6.07) is 2.38. The SMILES string of the molecule is CCc1cc(C(=O)N2CC(CN)CC2C)sc1C. The van der Waals surface area contributed by atoms with E-state index < -0.39 is 0 Å². The van der Waals surface area contributed by atoms with Gasteiger partial charge in [-0.1, -0.05) is 6.92 Å². The van der Waals surface area contributed by atoms with Crippen LogP contribution < -0.4 is 5.73 Å².